The monoisotopic (exact) mass is 286 g/mol. The van der Waals surface area contributed by atoms with Gasteiger partial charge >= 0.3 is 0 Å². The van der Waals surface area contributed by atoms with Crippen LogP contribution in [0.5, 0.6) is 0 Å². The summed E-state index contributed by atoms with van der Waals surface area (Å²) in [6, 6.07) is 11.6. The van der Waals surface area contributed by atoms with Gasteiger partial charge in [-0.2, -0.15) is 0 Å². The average Bonchev–Trinajstić information content (AvgIpc) is 2.47. The second-order valence-corrected chi connectivity index (χ2v) is 5.60. The summed E-state index contributed by atoms with van der Waals surface area (Å²) in [5.74, 6) is 2.05. The number of aliphatic hydroxyl groups excluding tert-OH is 1. The molecule has 0 aliphatic heterocycles. The maximum Gasteiger partial charge on any atom is 0.163 e. The lowest BCUT2D eigenvalue weighted by molar-refractivity contribution is 0.133. The van der Waals surface area contributed by atoms with Gasteiger partial charge in [0.1, 0.15) is 11.6 Å². The predicted molar refractivity (Wildman–Crippen MR) is 86.4 cm³/mol. The summed E-state index contributed by atoms with van der Waals surface area (Å²) < 4.78 is 0. The molecule has 21 heavy (non-hydrogen) atoms. The van der Waals surface area contributed by atoms with E-state index in [1.165, 1.54) is 0 Å². The van der Waals surface area contributed by atoms with Gasteiger partial charge in [-0.15, -0.1) is 0 Å². The summed E-state index contributed by atoms with van der Waals surface area (Å²) in [7, 11) is 1.82. The maximum absolute atomic E-state index is 9.83. The second kappa shape index (κ2) is 6.10. The maximum atomic E-state index is 9.83. The van der Waals surface area contributed by atoms with E-state index in [0.717, 1.165) is 11.4 Å². The fraction of sp³-hybridized carbons (Fsp3) is 0.375. The number of nitrogens with one attached hydrogen (secondary N) is 2. The van der Waals surface area contributed by atoms with Crippen molar-refractivity contribution in [3.05, 3.63) is 36.4 Å². The van der Waals surface area contributed by atoms with Gasteiger partial charge in [0.25, 0.3) is 0 Å². The number of aliphatic hydroxyl groups is 1. The van der Waals surface area contributed by atoms with Gasteiger partial charge in [0.05, 0.1) is 11.6 Å². The fourth-order valence-corrected chi connectivity index (χ4v) is 1.79. The Morgan fingerprint density at radius 3 is 2.29 bits per heavy atom. The van der Waals surface area contributed by atoms with Crippen LogP contribution in [0.1, 0.15) is 20.8 Å². The van der Waals surface area contributed by atoms with Gasteiger partial charge in [-0.05, 0) is 20.8 Å². The third-order valence-electron chi connectivity index (χ3n) is 3.51. The highest BCUT2D eigenvalue weighted by Crippen LogP contribution is 2.23. The minimum atomic E-state index is -0.509. The highest BCUT2D eigenvalue weighted by atomic mass is 16.3. The second-order valence-electron chi connectivity index (χ2n) is 5.60. The molecule has 1 heterocycles. The molecule has 1 aromatic carbocycles. The summed E-state index contributed by atoms with van der Waals surface area (Å²) >= 11 is 0. The summed E-state index contributed by atoms with van der Waals surface area (Å²) in [6.07, 6.45) is -0.509. The molecule has 5 nitrogen and oxygen atoms in total. The molecule has 0 saturated heterocycles. The third-order valence-corrected chi connectivity index (χ3v) is 3.51. The number of hydrogen-bond acceptors (Lipinski definition) is 5. The summed E-state index contributed by atoms with van der Waals surface area (Å²) in [6.45, 7) is 5.62. The molecule has 0 aliphatic carbocycles. The van der Waals surface area contributed by atoms with Crippen LogP contribution in [0.3, 0.4) is 0 Å². The van der Waals surface area contributed by atoms with E-state index in [2.05, 4.69) is 20.6 Å². The molecule has 0 fully saturated rings. The van der Waals surface area contributed by atoms with Crippen molar-refractivity contribution in [1.29, 1.82) is 0 Å². The first-order valence-corrected chi connectivity index (χ1v) is 7.01. The minimum Gasteiger partial charge on any atom is -0.391 e. The number of hydrogen-bond donors (Lipinski definition) is 3. The van der Waals surface area contributed by atoms with Gasteiger partial charge in [0.15, 0.2) is 5.82 Å². The van der Waals surface area contributed by atoms with Crippen LogP contribution >= 0.6 is 0 Å². The molecular weight excluding hydrogens is 264 g/mol. The van der Waals surface area contributed by atoms with Crippen molar-refractivity contribution >= 4 is 11.6 Å². The Balaban J connectivity index is 2.39. The fourth-order valence-electron chi connectivity index (χ4n) is 1.79. The van der Waals surface area contributed by atoms with E-state index in [-0.39, 0.29) is 0 Å². The van der Waals surface area contributed by atoms with Crippen molar-refractivity contribution in [2.75, 3.05) is 17.7 Å². The lowest BCUT2D eigenvalue weighted by atomic mass is 9.99. The van der Waals surface area contributed by atoms with Gasteiger partial charge in [0.2, 0.25) is 0 Å². The Kier molecular flexibility index (Phi) is 4.43. The molecule has 0 saturated carbocycles. The van der Waals surface area contributed by atoms with Gasteiger partial charge in [0, 0.05) is 18.7 Å². The zero-order valence-electron chi connectivity index (χ0n) is 12.9. The zero-order valence-corrected chi connectivity index (χ0v) is 12.9. The molecule has 3 N–H and O–H groups in total. The topological polar surface area (TPSA) is 70.1 Å². The van der Waals surface area contributed by atoms with Gasteiger partial charge < -0.3 is 15.7 Å². The molecule has 0 spiro atoms. The molecule has 5 heteroatoms. The summed E-state index contributed by atoms with van der Waals surface area (Å²) in [5, 5.41) is 16.1. The van der Waals surface area contributed by atoms with Crippen LogP contribution in [0.4, 0.5) is 11.6 Å². The molecule has 1 aromatic heterocycles. The number of nitrogens with zero attached hydrogens (tertiary/aromatic N) is 2. The Hall–Kier alpha value is -2.14. The number of anilines is 2. The van der Waals surface area contributed by atoms with Gasteiger partial charge in [-0.25, -0.2) is 9.97 Å². The number of aromatic nitrogens is 2. The van der Waals surface area contributed by atoms with Crippen LogP contribution in [-0.2, 0) is 0 Å². The molecule has 0 aliphatic rings. The first-order valence-electron chi connectivity index (χ1n) is 7.01. The van der Waals surface area contributed by atoms with Crippen LogP contribution in [-0.4, -0.2) is 33.8 Å². The van der Waals surface area contributed by atoms with Crippen LogP contribution in [0, 0.1) is 0 Å². The Morgan fingerprint density at radius 2 is 1.71 bits per heavy atom. The SMILES string of the molecule is CNc1cc(NC(C)(C)C(C)O)nc(-c2ccccc2)n1. The van der Waals surface area contributed by atoms with E-state index in [9.17, 15) is 5.11 Å². The lowest BCUT2D eigenvalue weighted by Gasteiger charge is -2.30. The van der Waals surface area contributed by atoms with Crippen LogP contribution in [0.2, 0.25) is 0 Å². The Bertz CT molecular complexity index is 596. The van der Waals surface area contributed by atoms with E-state index in [4.69, 9.17) is 0 Å². The number of rotatable bonds is 5. The highest BCUT2D eigenvalue weighted by Gasteiger charge is 2.24. The van der Waals surface area contributed by atoms with E-state index < -0.39 is 11.6 Å². The van der Waals surface area contributed by atoms with Crippen molar-refractivity contribution in [3.63, 3.8) is 0 Å². The molecule has 0 radical (unpaired) electrons. The first kappa shape index (κ1) is 15.3. The Morgan fingerprint density at radius 1 is 1.10 bits per heavy atom. The molecular formula is C16H22N4O. The minimum absolute atomic E-state index is 0.479. The smallest absolute Gasteiger partial charge is 0.163 e. The predicted octanol–water partition coefficient (Wildman–Crippen LogP) is 2.76. The van der Waals surface area contributed by atoms with Gasteiger partial charge in [-0.1, -0.05) is 30.3 Å². The lowest BCUT2D eigenvalue weighted by Crippen LogP contribution is -2.42. The van der Waals surface area contributed by atoms with Crippen molar-refractivity contribution < 1.29 is 5.11 Å². The third kappa shape index (κ3) is 3.70. The molecule has 1 unspecified atom stereocenters. The summed E-state index contributed by atoms with van der Waals surface area (Å²) in [4.78, 5) is 9.02. The highest BCUT2D eigenvalue weighted by molar-refractivity contribution is 5.61. The molecule has 112 valence electrons. The first-order chi connectivity index (χ1) is 9.92. The molecule has 0 amide bonds. The normalized spacial score (nSPS) is 12.8. The van der Waals surface area contributed by atoms with E-state index >= 15 is 0 Å². The van der Waals surface area contributed by atoms with Crippen molar-refractivity contribution in [2.45, 2.75) is 32.4 Å². The quantitative estimate of drug-likeness (QED) is 0.788. The van der Waals surface area contributed by atoms with Crippen LogP contribution < -0.4 is 10.6 Å². The average molecular weight is 286 g/mol. The van der Waals surface area contributed by atoms with E-state index in [1.54, 1.807) is 6.92 Å². The van der Waals surface area contributed by atoms with Crippen molar-refractivity contribution in [3.8, 4) is 11.4 Å². The van der Waals surface area contributed by atoms with Crippen LogP contribution in [0.15, 0.2) is 36.4 Å². The van der Waals surface area contributed by atoms with Crippen molar-refractivity contribution in [2.24, 2.45) is 0 Å². The number of benzene rings is 1. The molecule has 1 atom stereocenters. The zero-order chi connectivity index (χ0) is 15.5. The standard InChI is InChI=1S/C16H22N4O/c1-11(21)16(2,3)20-14-10-13(17-4)18-15(19-14)12-8-6-5-7-9-12/h5-11,21H,1-4H3,(H2,17,18,19,20). The summed E-state index contributed by atoms with van der Waals surface area (Å²) in [5.41, 5.74) is 0.473. The van der Waals surface area contributed by atoms with E-state index in [1.807, 2.05) is 57.3 Å². The van der Waals surface area contributed by atoms with E-state index in [0.29, 0.717) is 11.6 Å². The molecule has 0 bridgehead atoms. The molecule has 2 rings (SSSR count). The largest absolute Gasteiger partial charge is 0.391 e. The molecule has 2 aromatic rings. The Labute approximate surface area is 125 Å². The van der Waals surface area contributed by atoms with Crippen molar-refractivity contribution in [1.82, 2.24) is 9.97 Å². The van der Waals surface area contributed by atoms with Gasteiger partial charge in [-0.3, -0.25) is 0 Å². The van der Waals surface area contributed by atoms with Crippen LogP contribution in [0.25, 0.3) is 11.4 Å².